The number of nitrogens with zero attached hydrogens (tertiary/aromatic N) is 4. The van der Waals surface area contributed by atoms with Gasteiger partial charge in [-0.3, -0.25) is 14.9 Å². The van der Waals surface area contributed by atoms with E-state index in [9.17, 15) is 14.9 Å². The molecule has 0 saturated carbocycles. The van der Waals surface area contributed by atoms with Gasteiger partial charge in [-0.05, 0) is 64.1 Å². The Bertz CT molecular complexity index is 1650. The van der Waals surface area contributed by atoms with Crippen molar-refractivity contribution >= 4 is 22.4 Å². The minimum atomic E-state index is -0.531. The van der Waals surface area contributed by atoms with Crippen LogP contribution in [-0.4, -0.2) is 50.7 Å². The Hall–Kier alpha value is -4.87. The molecule has 1 aliphatic rings. The van der Waals surface area contributed by atoms with Gasteiger partial charge in [-0.2, -0.15) is 0 Å². The van der Waals surface area contributed by atoms with E-state index in [-0.39, 0.29) is 33.9 Å². The number of anilines is 1. The summed E-state index contributed by atoms with van der Waals surface area (Å²) in [6, 6.07) is 9.56. The second kappa shape index (κ2) is 10.1. The Balaban J connectivity index is 1.78. The number of nitro groups is 1. The monoisotopic (exact) mass is 534 g/mol. The second-order valence-electron chi connectivity index (χ2n) is 8.95. The van der Waals surface area contributed by atoms with Gasteiger partial charge in [0, 0.05) is 18.7 Å². The molecule has 12 nitrogen and oxygen atoms in total. The summed E-state index contributed by atoms with van der Waals surface area (Å²) in [5, 5.41) is 19.3. The first-order valence-corrected chi connectivity index (χ1v) is 12.0. The van der Waals surface area contributed by atoms with Crippen LogP contribution >= 0.6 is 0 Å². The molecule has 0 N–H and O–H groups in total. The highest BCUT2D eigenvalue weighted by Crippen LogP contribution is 2.51. The van der Waals surface area contributed by atoms with Crippen LogP contribution in [0.15, 0.2) is 45.8 Å². The number of aryl methyl sites for hydroxylation is 1. The van der Waals surface area contributed by atoms with E-state index in [1.165, 1.54) is 20.3 Å². The molecule has 0 aliphatic heterocycles. The summed E-state index contributed by atoms with van der Waals surface area (Å²) in [5.74, 6) is 1.62. The number of aromatic nitrogens is 2. The summed E-state index contributed by atoms with van der Waals surface area (Å²) in [7, 11) is 7.94. The third-order valence-corrected chi connectivity index (χ3v) is 7.11. The third kappa shape index (κ3) is 4.13. The zero-order valence-electron chi connectivity index (χ0n) is 22.0. The summed E-state index contributed by atoms with van der Waals surface area (Å²) in [4.78, 5) is 26.1. The third-order valence-electron chi connectivity index (χ3n) is 7.11. The Morgan fingerprint density at radius 1 is 0.949 bits per heavy atom. The number of ether oxygens (including phenoxy) is 4. The van der Waals surface area contributed by atoms with Crippen LogP contribution in [0.3, 0.4) is 0 Å². The number of fused-ring (bicyclic) bond motifs is 4. The Morgan fingerprint density at radius 2 is 1.67 bits per heavy atom. The summed E-state index contributed by atoms with van der Waals surface area (Å²) in [6.45, 7) is 0. The van der Waals surface area contributed by atoms with E-state index in [0.29, 0.717) is 41.3 Å². The van der Waals surface area contributed by atoms with Crippen LogP contribution in [0.25, 0.3) is 22.2 Å². The van der Waals surface area contributed by atoms with Crippen molar-refractivity contribution in [3.63, 3.8) is 0 Å². The highest BCUT2D eigenvalue weighted by molar-refractivity contribution is 5.94. The molecule has 0 bridgehead atoms. The predicted octanol–water partition coefficient (Wildman–Crippen LogP) is 4.32. The van der Waals surface area contributed by atoms with Gasteiger partial charge >= 0.3 is 5.69 Å². The Kier molecular flexibility index (Phi) is 6.69. The lowest BCUT2D eigenvalue weighted by Gasteiger charge is -2.30. The zero-order valence-corrected chi connectivity index (χ0v) is 22.0. The number of methoxy groups -OCH3 is 4. The van der Waals surface area contributed by atoms with Gasteiger partial charge in [0.05, 0.1) is 45.1 Å². The van der Waals surface area contributed by atoms with Gasteiger partial charge in [0.1, 0.15) is 0 Å². The zero-order chi connectivity index (χ0) is 27.8. The van der Waals surface area contributed by atoms with Crippen molar-refractivity contribution < 1.29 is 28.5 Å². The van der Waals surface area contributed by atoms with E-state index in [0.717, 1.165) is 16.7 Å². The van der Waals surface area contributed by atoms with E-state index in [1.807, 2.05) is 24.1 Å². The number of rotatable bonds is 7. The first-order valence-electron chi connectivity index (χ1n) is 12.0. The van der Waals surface area contributed by atoms with Crippen LogP contribution in [0.4, 0.5) is 11.4 Å². The van der Waals surface area contributed by atoms with Crippen LogP contribution in [0, 0.1) is 10.1 Å². The number of hydrogen-bond donors (Lipinski definition) is 0. The molecule has 0 saturated heterocycles. The Labute approximate surface area is 222 Å². The average Bonchev–Trinajstić information content (AvgIpc) is 3.30. The molecule has 0 spiro atoms. The smallest absolute Gasteiger partial charge is 0.300 e. The summed E-state index contributed by atoms with van der Waals surface area (Å²) in [5.41, 5.74) is 3.51. The van der Waals surface area contributed by atoms with E-state index in [4.69, 9.17) is 23.6 Å². The van der Waals surface area contributed by atoms with Crippen molar-refractivity contribution in [1.82, 2.24) is 10.3 Å². The molecule has 0 radical (unpaired) electrons. The van der Waals surface area contributed by atoms with Crippen LogP contribution < -0.4 is 29.3 Å². The standard InChI is InChI=1S/C27H26N4O8/c1-30(18-9-10-19(31(33)34)25-24(18)28-39-29-25)17-8-6-14-12-22(36-3)26(37-4)27(38-5)23(14)15-7-11-21(35-2)20(32)13-16(15)17/h7,9-13,17H,6,8H2,1-5H3/t17-/m0/s1. The lowest BCUT2D eigenvalue weighted by molar-refractivity contribution is -0.383. The minimum absolute atomic E-state index is 0.0439. The van der Waals surface area contributed by atoms with Crippen molar-refractivity contribution in [3.05, 3.63) is 67.9 Å². The van der Waals surface area contributed by atoms with Gasteiger partial charge in [-0.1, -0.05) is 6.07 Å². The first-order chi connectivity index (χ1) is 18.8. The van der Waals surface area contributed by atoms with Gasteiger partial charge in [0.2, 0.25) is 16.7 Å². The average molecular weight is 535 g/mol. The number of non-ortho nitro benzene ring substituents is 1. The fraction of sp³-hybridized carbons (Fsp3) is 0.296. The molecule has 12 heteroatoms. The fourth-order valence-corrected chi connectivity index (χ4v) is 5.29. The maximum absolute atomic E-state index is 13.2. The topological polar surface area (TPSA) is 139 Å². The van der Waals surface area contributed by atoms with Crippen LogP contribution in [0.5, 0.6) is 23.0 Å². The fourth-order valence-electron chi connectivity index (χ4n) is 5.29. The highest BCUT2D eigenvalue weighted by atomic mass is 16.6. The normalized spacial score (nSPS) is 14.1. The summed E-state index contributed by atoms with van der Waals surface area (Å²) < 4.78 is 27.3. The van der Waals surface area contributed by atoms with Crippen molar-refractivity contribution in [2.75, 3.05) is 40.4 Å². The van der Waals surface area contributed by atoms with Gasteiger partial charge in [-0.25, -0.2) is 4.63 Å². The molecule has 0 amide bonds. The molecule has 1 aromatic heterocycles. The molecule has 5 rings (SSSR count). The SMILES string of the molecule is COc1cc2c(c(OC)c1OC)-c1ccc(OC)c(=O)cc1[C@@H](N(C)c1ccc([N+](=O)[O-])c3nonc13)CC2. The molecule has 39 heavy (non-hydrogen) atoms. The molecule has 1 atom stereocenters. The van der Waals surface area contributed by atoms with Crippen molar-refractivity contribution in [2.45, 2.75) is 18.9 Å². The Morgan fingerprint density at radius 3 is 2.33 bits per heavy atom. The second-order valence-corrected chi connectivity index (χ2v) is 8.95. The molecule has 4 aromatic rings. The van der Waals surface area contributed by atoms with Gasteiger partial charge < -0.3 is 23.8 Å². The summed E-state index contributed by atoms with van der Waals surface area (Å²) >= 11 is 0. The number of nitro benzene ring substituents is 1. The van der Waals surface area contributed by atoms with Gasteiger partial charge in [0.15, 0.2) is 22.8 Å². The molecule has 1 heterocycles. The van der Waals surface area contributed by atoms with Crippen molar-refractivity contribution in [3.8, 4) is 34.1 Å². The van der Waals surface area contributed by atoms with Gasteiger partial charge in [0.25, 0.3) is 0 Å². The maximum Gasteiger partial charge on any atom is 0.300 e. The molecule has 1 aliphatic carbocycles. The number of hydrogen-bond acceptors (Lipinski definition) is 11. The molecular formula is C27H26N4O8. The molecule has 202 valence electrons. The largest absolute Gasteiger partial charge is 0.493 e. The first kappa shape index (κ1) is 25.8. The molecule has 3 aromatic carbocycles. The quantitative estimate of drug-likeness (QED) is 0.247. The molecule has 0 fully saturated rings. The number of benzene rings is 2. The molecule has 0 unspecified atom stereocenters. The maximum atomic E-state index is 13.2. The van der Waals surface area contributed by atoms with Crippen LogP contribution in [0.1, 0.15) is 23.6 Å². The molecular weight excluding hydrogens is 508 g/mol. The van der Waals surface area contributed by atoms with E-state index >= 15 is 0 Å². The van der Waals surface area contributed by atoms with Crippen molar-refractivity contribution in [1.29, 1.82) is 0 Å². The predicted molar refractivity (Wildman–Crippen MR) is 142 cm³/mol. The van der Waals surface area contributed by atoms with E-state index in [2.05, 4.69) is 10.3 Å². The summed E-state index contributed by atoms with van der Waals surface area (Å²) in [6.07, 6.45) is 1.17. The van der Waals surface area contributed by atoms with Crippen LogP contribution in [-0.2, 0) is 6.42 Å². The lowest BCUT2D eigenvalue weighted by atomic mass is 9.95. The van der Waals surface area contributed by atoms with E-state index < -0.39 is 4.92 Å². The van der Waals surface area contributed by atoms with Crippen molar-refractivity contribution in [2.24, 2.45) is 0 Å². The highest BCUT2D eigenvalue weighted by Gasteiger charge is 2.32. The van der Waals surface area contributed by atoms with Gasteiger partial charge in [-0.15, -0.1) is 0 Å². The van der Waals surface area contributed by atoms with E-state index in [1.54, 1.807) is 32.4 Å². The lowest BCUT2D eigenvalue weighted by Crippen LogP contribution is -2.25. The van der Waals surface area contributed by atoms with Crippen LogP contribution in [0.2, 0.25) is 0 Å². The minimum Gasteiger partial charge on any atom is -0.493 e.